The molecule has 0 amide bonds. The Morgan fingerprint density at radius 2 is 1.91 bits per heavy atom. The Hall–Kier alpha value is -2.01. The van der Waals surface area contributed by atoms with Crippen molar-refractivity contribution in [2.75, 3.05) is 0 Å². The van der Waals surface area contributed by atoms with E-state index in [0.29, 0.717) is 5.75 Å². The number of nitrogens with zero attached hydrogens (tertiary/aromatic N) is 1. The van der Waals surface area contributed by atoms with Crippen LogP contribution >= 0.6 is 12.0 Å². The summed E-state index contributed by atoms with van der Waals surface area (Å²) in [4.78, 5) is 11.8. The van der Waals surface area contributed by atoms with E-state index in [1.54, 1.807) is 6.07 Å². The Morgan fingerprint density at radius 1 is 1.18 bits per heavy atom. The lowest BCUT2D eigenvalue weighted by molar-refractivity contribution is -0.385. The first-order chi connectivity index (χ1) is 10.6. The van der Waals surface area contributed by atoms with Gasteiger partial charge in [0.05, 0.1) is 17.0 Å². The molecular formula is C17H19NO3S. The van der Waals surface area contributed by atoms with Crippen molar-refractivity contribution in [2.24, 2.45) is 0 Å². The Kier molecular flexibility index (Phi) is 5.83. The average molecular weight is 317 g/mol. The summed E-state index contributed by atoms with van der Waals surface area (Å²) in [5, 5.41) is 11.2. The van der Waals surface area contributed by atoms with E-state index in [2.05, 4.69) is 6.92 Å². The van der Waals surface area contributed by atoms with E-state index in [9.17, 15) is 10.1 Å². The van der Waals surface area contributed by atoms with Gasteiger partial charge in [-0.1, -0.05) is 43.2 Å². The summed E-state index contributed by atoms with van der Waals surface area (Å²) in [7, 11) is 0. The number of hydrogen-bond acceptors (Lipinski definition) is 4. The zero-order valence-corrected chi connectivity index (χ0v) is 13.6. The number of para-hydroxylation sites is 1. The average Bonchev–Trinajstić information content (AvgIpc) is 2.52. The monoisotopic (exact) mass is 317 g/mol. The van der Waals surface area contributed by atoms with Crippen LogP contribution in [0.2, 0.25) is 0 Å². The first-order valence-electron chi connectivity index (χ1n) is 7.29. The van der Waals surface area contributed by atoms with Crippen LogP contribution in [-0.4, -0.2) is 4.92 Å². The smallest absolute Gasteiger partial charge is 0.312 e. The van der Waals surface area contributed by atoms with Gasteiger partial charge in [0, 0.05) is 16.5 Å². The third kappa shape index (κ3) is 4.24. The summed E-state index contributed by atoms with van der Waals surface area (Å²) in [5.74, 6) is 0.367. The molecular weight excluding hydrogens is 298 g/mol. The zero-order valence-electron chi connectivity index (χ0n) is 12.7. The highest BCUT2D eigenvalue weighted by Crippen LogP contribution is 2.36. The molecule has 0 unspecified atom stereocenters. The molecule has 0 saturated carbocycles. The Morgan fingerprint density at radius 3 is 2.55 bits per heavy atom. The van der Waals surface area contributed by atoms with Crippen molar-refractivity contribution in [3.63, 3.8) is 0 Å². The molecule has 0 bridgehead atoms. The maximum atomic E-state index is 11.2. The van der Waals surface area contributed by atoms with E-state index in [-0.39, 0.29) is 10.6 Å². The number of benzene rings is 2. The topological polar surface area (TPSA) is 52.4 Å². The molecule has 116 valence electrons. The van der Waals surface area contributed by atoms with Crippen LogP contribution < -0.4 is 4.18 Å². The number of nitro benzene ring substituents is 1. The number of aryl methyl sites for hydroxylation is 2. The van der Waals surface area contributed by atoms with Crippen molar-refractivity contribution in [3.8, 4) is 5.75 Å². The summed E-state index contributed by atoms with van der Waals surface area (Å²) >= 11 is 1.16. The molecule has 0 aromatic heterocycles. The van der Waals surface area contributed by atoms with Crippen LogP contribution in [0.15, 0.2) is 47.4 Å². The second kappa shape index (κ2) is 7.84. The molecule has 2 rings (SSSR count). The minimum Gasteiger partial charge on any atom is -0.413 e. The van der Waals surface area contributed by atoms with Crippen LogP contribution in [0.1, 0.15) is 30.9 Å². The van der Waals surface area contributed by atoms with E-state index < -0.39 is 0 Å². The van der Waals surface area contributed by atoms with Crippen molar-refractivity contribution >= 4 is 17.7 Å². The number of rotatable bonds is 7. The minimum atomic E-state index is -0.388. The van der Waals surface area contributed by atoms with Crippen LogP contribution in [0.5, 0.6) is 5.75 Å². The minimum absolute atomic E-state index is 0.0215. The first kappa shape index (κ1) is 16.4. The molecule has 2 aromatic rings. The van der Waals surface area contributed by atoms with Gasteiger partial charge in [0.15, 0.2) is 0 Å². The fourth-order valence-corrected chi connectivity index (χ4v) is 2.68. The van der Waals surface area contributed by atoms with Crippen molar-refractivity contribution < 1.29 is 9.11 Å². The normalized spacial score (nSPS) is 10.5. The van der Waals surface area contributed by atoms with Crippen molar-refractivity contribution in [1.82, 2.24) is 0 Å². The van der Waals surface area contributed by atoms with Crippen molar-refractivity contribution in [1.29, 1.82) is 0 Å². The van der Waals surface area contributed by atoms with E-state index in [1.807, 2.05) is 37.3 Å². The van der Waals surface area contributed by atoms with Gasteiger partial charge in [0.1, 0.15) is 0 Å². The Bertz CT molecular complexity index is 641. The molecule has 0 saturated heterocycles. The van der Waals surface area contributed by atoms with Gasteiger partial charge in [-0.15, -0.1) is 0 Å². The highest BCUT2D eigenvalue weighted by Gasteiger charge is 2.19. The number of nitro groups is 1. The fourth-order valence-electron chi connectivity index (χ4n) is 2.06. The summed E-state index contributed by atoms with van der Waals surface area (Å²) in [6.07, 6.45) is 2.79. The quantitative estimate of drug-likeness (QED) is 0.393. The van der Waals surface area contributed by atoms with Crippen molar-refractivity contribution in [2.45, 2.75) is 38.0 Å². The summed E-state index contributed by atoms with van der Waals surface area (Å²) < 4.78 is 5.73. The molecule has 0 spiro atoms. The maximum Gasteiger partial charge on any atom is 0.312 e. The van der Waals surface area contributed by atoms with Crippen LogP contribution in [0.4, 0.5) is 5.69 Å². The van der Waals surface area contributed by atoms with Gasteiger partial charge in [0.2, 0.25) is 5.75 Å². The fraction of sp³-hybridized carbons (Fsp3) is 0.294. The van der Waals surface area contributed by atoms with Gasteiger partial charge < -0.3 is 4.18 Å². The molecule has 0 atom stereocenters. The second-order valence-electron chi connectivity index (χ2n) is 5.11. The molecule has 0 aliphatic rings. The summed E-state index contributed by atoms with van der Waals surface area (Å²) in [6, 6.07) is 13.0. The molecule has 0 fully saturated rings. The predicted octanol–water partition coefficient (Wildman–Crippen LogP) is 5.33. The lowest BCUT2D eigenvalue weighted by atomic mass is 10.1. The van der Waals surface area contributed by atoms with Crippen LogP contribution in [0.25, 0.3) is 0 Å². The Labute approximate surface area is 134 Å². The van der Waals surface area contributed by atoms with E-state index in [4.69, 9.17) is 4.18 Å². The molecule has 0 heterocycles. The molecule has 0 N–H and O–H groups in total. The standard InChI is InChI=1S/C17H19NO3S/c1-3-4-6-14-7-5-8-16(18(19)20)17(14)21-22-15-11-9-13(2)10-12-15/h5,7-12H,3-4,6H2,1-2H3. The van der Waals surface area contributed by atoms with Gasteiger partial charge in [-0.3, -0.25) is 10.1 Å². The molecule has 5 heteroatoms. The number of unbranched alkanes of at least 4 members (excludes halogenated alkanes) is 1. The SMILES string of the molecule is CCCCc1cccc([N+](=O)[O-])c1OSc1ccc(C)cc1. The van der Waals surface area contributed by atoms with Gasteiger partial charge in [-0.25, -0.2) is 0 Å². The Balaban J connectivity index is 2.22. The largest absolute Gasteiger partial charge is 0.413 e. The molecule has 22 heavy (non-hydrogen) atoms. The van der Waals surface area contributed by atoms with E-state index >= 15 is 0 Å². The van der Waals surface area contributed by atoms with Gasteiger partial charge >= 0.3 is 5.69 Å². The zero-order chi connectivity index (χ0) is 15.9. The van der Waals surface area contributed by atoms with E-state index in [1.165, 1.54) is 11.6 Å². The van der Waals surface area contributed by atoms with Crippen LogP contribution in [0, 0.1) is 17.0 Å². The van der Waals surface area contributed by atoms with Gasteiger partial charge in [-0.05, 0) is 31.9 Å². The first-order valence-corrected chi connectivity index (χ1v) is 8.03. The number of hydrogen-bond donors (Lipinski definition) is 0. The highest BCUT2D eigenvalue weighted by molar-refractivity contribution is 7.95. The highest BCUT2D eigenvalue weighted by atomic mass is 32.2. The van der Waals surface area contributed by atoms with Crippen LogP contribution in [0.3, 0.4) is 0 Å². The summed E-state index contributed by atoms with van der Waals surface area (Å²) in [6.45, 7) is 4.11. The third-order valence-corrected chi connectivity index (χ3v) is 4.03. The molecule has 0 aliphatic heterocycles. The second-order valence-corrected chi connectivity index (χ2v) is 5.91. The van der Waals surface area contributed by atoms with Gasteiger partial charge in [-0.2, -0.15) is 0 Å². The predicted molar refractivity (Wildman–Crippen MR) is 89.4 cm³/mol. The molecule has 2 aromatic carbocycles. The third-order valence-electron chi connectivity index (χ3n) is 3.31. The molecule has 0 aliphatic carbocycles. The van der Waals surface area contributed by atoms with Gasteiger partial charge in [0.25, 0.3) is 0 Å². The van der Waals surface area contributed by atoms with E-state index in [0.717, 1.165) is 41.8 Å². The summed E-state index contributed by atoms with van der Waals surface area (Å²) in [5.41, 5.74) is 2.07. The lowest BCUT2D eigenvalue weighted by Gasteiger charge is -2.10. The lowest BCUT2D eigenvalue weighted by Crippen LogP contribution is -1.97. The molecule has 0 radical (unpaired) electrons. The molecule has 4 nitrogen and oxygen atoms in total. The maximum absolute atomic E-state index is 11.2. The van der Waals surface area contributed by atoms with Crippen molar-refractivity contribution in [3.05, 3.63) is 63.7 Å². The van der Waals surface area contributed by atoms with Crippen LogP contribution in [-0.2, 0) is 6.42 Å².